The molecule has 170 valence electrons. The van der Waals surface area contributed by atoms with Gasteiger partial charge < -0.3 is 15.4 Å². The van der Waals surface area contributed by atoms with E-state index >= 15 is 0 Å². The monoisotopic (exact) mass is 473 g/mol. The number of alkyl halides is 3. The Morgan fingerprint density at radius 2 is 1.88 bits per heavy atom. The number of nitrogens with one attached hydrogen (secondary N) is 2. The highest BCUT2D eigenvalue weighted by molar-refractivity contribution is 7.22. The van der Waals surface area contributed by atoms with Gasteiger partial charge in [0.1, 0.15) is 17.4 Å². The van der Waals surface area contributed by atoms with Crippen molar-refractivity contribution < 1.29 is 36.3 Å². The second-order valence-corrected chi connectivity index (χ2v) is 7.61. The highest BCUT2D eigenvalue weighted by atomic mass is 32.1. The van der Waals surface area contributed by atoms with Crippen molar-refractivity contribution in [1.82, 2.24) is 10.3 Å². The standard InChI is InChI=1S/C20H16F5N3O3S/c21-11-3-5-13(14(22)8-11)18(30)26-7-1-2-17(29)28-19-27-15-6-4-12(9-16(15)32-19)31-10-20(23,24)25/h3-6,8-9H,1-2,7,10H2,(H,26,30)(H,27,28,29). The number of hydrogen-bond donors (Lipinski definition) is 2. The minimum absolute atomic E-state index is 0.0298. The molecule has 0 fully saturated rings. The molecule has 6 nitrogen and oxygen atoms in total. The molecule has 0 bridgehead atoms. The van der Waals surface area contributed by atoms with Gasteiger partial charge in [-0.2, -0.15) is 13.2 Å². The third-order valence-electron chi connectivity index (χ3n) is 4.05. The number of ether oxygens (including phenoxy) is 1. The summed E-state index contributed by atoms with van der Waals surface area (Å²) in [5.41, 5.74) is 0.183. The quantitative estimate of drug-likeness (QED) is 0.368. The molecule has 0 unspecified atom stereocenters. The molecule has 0 aliphatic rings. The molecular weight excluding hydrogens is 457 g/mol. The van der Waals surface area contributed by atoms with Gasteiger partial charge in [-0.05, 0) is 36.8 Å². The summed E-state index contributed by atoms with van der Waals surface area (Å²) in [6, 6.07) is 6.84. The molecule has 2 aromatic carbocycles. The molecule has 0 aliphatic heterocycles. The van der Waals surface area contributed by atoms with Crippen LogP contribution < -0.4 is 15.4 Å². The maximum atomic E-state index is 13.6. The number of rotatable bonds is 8. The van der Waals surface area contributed by atoms with Gasteiger partial charge in [0, 0.05) is 19.0 Å². The fraction of sp³-hybridized carbons (Fsp3) is 0.250. The Hall–Kier alpha value is -3.28. The van der Waals surface area contributed by atoms with E-state index in [-0.39, 0.29) is 41.7 Å². The molecule has 2 N–H and O–H groups in total. The Labute approximate surface area is 182 Å². The van der Waals surface area contributed by atoms with Crippen molar-refractivity contribution in [2.24, 2.45) is 0 Å². The lowest BCUT2D eigenvalue weighted by atomic mass is 10.2. The van der Waals surface area contributed by atoms with E-state index in [1.54, 1.807) is 0 Å². The zero-order valence-corrected chi connectivity index (χ0v) is 17.1. The Morgan fingerprint density at radius 1 is 1.09 bits per heavy atom. The summed E-state index contributed by atoms with van der Waals surface area (Å²) in [6.45, 7) is -1.33. The van der Waals surface area contributed by atoms with Crippen molar-refractivity contribution in [2.45, 2.75) is 19.0 Å². The van der Waals surface area contributed by atoms with Crippen molar-refractivity contribution in [3.05, 3.63) is 53.6 Å². The lowest BCUT2D eigenvalue weighted by molar-refractivity contribution is -0.153. The number of benzene rings is 2. The second-order valence-electron chi connectivity index (χ2n) is 6.58. The van der Waals surface area contributed by atoms with E-state index in [9.17, 15) is 31.5 Å². The fourth-order valence-electron chi connectivity index (χ4n) is 2.61. The van der Waals surface area contributed by atoms with Gasteiger partial charge in [0.05, 0.1) is 15.8 Å². The van der Waals surface area contributed by atoms with Crippen LogP contribution in [0.2, 0.25) is 0 Å². The summed E-state index contributed by atoms with van der Waals surface area (Å²) >= 11 is 1.07. The van der Waals surface area contributed by atoms with E-state index in [4.69, 9.17) is 0 Å². The van der Waals surface area contributed by atoms with Crippen LogP contribution in [0.15, 0.2) is 36.4 Å². The van der Waals surface area contributed by atoms with E-state index in [0.29, 0.717) is 16.3 Å². The lowest BCUT2D eigenvalue weighted by Crippen LogP contribution is -2.26. The average Bonchev–Trinajstić information content (AvgIpc) is 3.10. The van der Waals surface area contributed by atoms with Crippen LogP contribution in [0.25, 0.3) is 10.2 Å². The Balaban J connectivity index is 1.46. The average molecular weight is 473 g/mol. The number of thiazole rings is 1. The van der Waals surface area contributed by atoms with Crippen molar-refractivity contribution >= 4 is 38.5 Å². The zero-order chi connectivity index (χ0) is 23.3. The summed E-state index contributed by atoms with van der Waals surface area (Å²) in [5, 5.41) is 5.28. The molecule has 1 aromatic heterocycles. The van der Waals surface area contributed by atoms with Crippen molar-refractivity contribution in [3.8, 4) is 5.75 Å². The van der Waals surface area contributed by atoms with Gasteiger partial charge in [0.2, 0.25) is 5.91 Å². The molecule has 2 amide bonds. The predicted molar refractivity (Wildman–Crippen MR) is 108 cm³/mol. The molecule has 1 heterocycles. The Bertz CT molecular complexity index is 1130. The van der Waals surface area contributed by atoms with Gasteiger partial charge in [0.25, 0.3) is 5.91 Å². The van der Waals surface area contributed by atoms with Crippen LogP contribution in [0.1, 0.15) is 23.2 Å². The van der Waals surface area contributed by atoms with E-state index in [2.05, 4.69) is 20.4 Å². The van der Waals surface area contributed by atoms with Gasteiger partial charge in [-0.1, -0.05) is 11.3 Å². The van der Waals surface area contributed by atoms with Crippen LogP contribution in [-0.2, 0) is 4.79 Å². The Kier molecular flexibility index (Phi) is 7.23. The molecule has 0 saturated carbocycles. The Morgan fingerprint density at radius 3 is 2.59 bits per heavy atom. The first kappa shape index (κ1) is 23.4. The van der Waals surface area contributed by atoms with Crippen molar-refractivity contribution in [2.75, 3.05) is 18.5 Å². The smallest absolute Gasteiger partial charge is 0.422 e. The SMILES string of the molecule is O=C(CCCNC(=O)c1ccc(F)cc1F)Nc1nc2ccc(OCC(F)(F)F)cc2s1. The van der Waals surface area contributed by atoms with Crippen LogP contribution >= 0.6 is 11.3 Å². The second kappa shape index (κ2) is 9.90. The third-order valence-corrected chi connectivity index (χ3v) is 4.98. The maximum Gasteiger partial charge on any atom is 0.422 e. The van der Waals surface area contributed by atoms with E-state index in [1.165, 1.54) is 18.2 Å². The zero-order valence-electron chi connectivity index (χ0n) is 16.3. The molecule has 0 atom stereocenters. The van der Waals surface area contributed by atoms with Gasteiger partial charge in [0.15, 0.2) is 11.7 Å². The number of amides is 2. The molecule has 32 heavy (non-hydrogen) atoms. The van der Waals surface area contributed by atoms with Crippen LogP contribution in [0, 0.1) is 11.6 Å². The highest BCUT2D eigenvalue weighted by Crippen LogP contribution is 2.30. The molecule has 0 radical (unpaired) electrons. The van der Waals surface area contributed by atoms with Crippen molar-refractivity contribution in [3.63, 3.8) is 0 Å². The normalized spacial score (nSPS) is 11.4. The number of fused-ring (bicyclic) bond motifs is 1. The molecule has 0 spiro atoms. The topological polar surface area (TPSA) is 80.3 Å². The molecule has 0 saturated heterocycles. The molecule has 0 aliphatic carbocycles. The minimum atomic E-state index is -4.45. The highest BCUT2D eigenvalue weighted by Gasteiger charge is 2.28. The summed E-state index contributed by atoms with van der Waals surface area (Å²) in [4.78, 5) is 28.1. The minimum Gasteiger partial charge on any atom is -0.484 e. The number of carbonyl (C=O) groups is 2. The number of anilines is 1. The lowest BCUT2D eigenvalue weighted by Gasteiger charge is -2.08. The molecular formula is C20H16F5N3O3S. The van der Waals surface area contributed by atoms with E-state index in [0.717, 1.165) is 23.5 Å². The van der Waals surface area contributed by atoms with E-state index in [1.807, 2.05) is 0 Å². The van der Waals surface area contributed by atoms with Crippen LogP contribution in [-0.4, -0.2) is 36.1 Å². The largest absolute Gasteiger partial charge is 0.484 e. The van der Waals surface area contributed by atoms with Crippen molar-refractivity contribution in [1.29, 1.82) is 0 Å². The first-order chi connectivity index (χ1) is 15.1. The van der Waals surface area contributed by atoms with E-state index < -0.39 is 30.3 Å². The predicted octanol–water partition coefficient (Wildman–Crippen LogP) is 4.66. The molecule has 3 aromatic rings. The third kappa shape index (κ3) is 6.61. The van der Waals surface area contributed by atoms with Gasteiger partial charge in [-0.25, -0.2) is 13.8 Å². The van der Waals surface area contributed by atoms with Gasteiger partial charge in [-0.15, -0.1) is 0 Å². The number of halogens is 5. The summed E-state index contributed by atoms with van der Waals surface area (Å²) in [6.07, 6.45) is -4.17. The first-order valence-corrected chi connectivity index (χ1v) is 10.1. The number of hydrogen-bond acceptors (Lipinski definition) is 5. The number of nitrogens with zero attached hydrogens (tertiary/aromatic N) is 1. The van der Waals surface area contributed by atoms with Gasteiger partial charge in [-0.3, -0.25) is 9.59 Å². The van der Waals surface area contributed by atoms with Gasteiger partial charge >= 0.3 is 6.18 Å². The summed E-state index contributed by atoms with van der Waals surface area (Å²) < 4.78 is 68.4. The molecule has 12 heteroatoms. The van der Waals surface area contributed by atoms with Crippen LogP contribution in [0.4, 0.5) is 27.1 Å². The summed E-state index contributed by atoms with van der Waals surface area (Å²) in [7, 11) is 0. The molecule has 3 rings (SSSR count). The van der Waals surface area contributed by atoms with Crippen LogP contribution in [0.3, 0.4) is 0 Å². The fourth-order valence-corrected chi connectivity index (χ4v) is 3.53. The number of aromatic nitrogens is 1. The summed E-state index contributed by atoms with van der Waals surface area (Å²) in [5.74, 6) is -2.86. The number of carbonyl (C=O) groups excluding carboxylic acids is 2. The maximum absolute atomic E-state index is 13.6. The first-order valence-electron chi connectivity index (χ1n) is 9.24. The van der Waals surface area contributed by atoms with Crippen LogP contribution in [0.5, 0.6) is 5.75 Å².